The zero-order valence-electron chi connectivity index (χ0n) is 14.1. The largest absolute Gasteiger partial charge is 0.298 e. The summed E-state index contributed by atoms with van der Waals surface area (Å²) in [7, 11) is 0. The van der Waals surface area contributed by atoms with Crippen LogP contribution in [0.15, 0.2) is 23.3 Å². The average Bonchev–Trinajstić information content (AvgIpc) is 2.65. The molecule has 0 aromatic rings. The minimum absolute atomic E-state index is 0.337. The van der Waals surface area contributed by atoms with E-state index in [-0.39, 0.29) is 0 Å². The van der Waals surface area contributed by atoms with Crippen molar-refractivity contribution >= 4 is 12.6 Å². The minimum Gasteiger partial charge on any atom is -0.298 e. The van der Waals surface area contributed by atoms with Gasteiger partial charge in [-0.2, -0.15) is 0 Å². The van der Waals surface area contributed by atoms with Gasteiger partial charge < -0.3 is 0 Å². The van der Waals surface area contributed by atoms with E-state index in [1.807, 2.05) is 6.08 Å². The number of fused-ring (bicyclic) bond motifs is 3. The maximum Gasteiger partial charge on any atom is 0.150 e. The summed E-state index contributed by atoms with van der Waals surface area (Å²) >= 11 is 0. The molecule has 4 atom stereocenters. The van der Waals surface area contributed by atoms with Gasteiger partial charge >= 0.3 is 0 Å². The molecule has 0 bridgehead atoms. The molecule has 0 aromatic carbocycles. The molecule has 4 unspecified atom stereocenters. The molecule has 0 heterocycles. The van der Waals surface area contributed by atoms with Crippen LogP contribution < -0.4 is 0 Å². The summed E-state index contributed by atoms with van der Waals surface area (Å²) in [6.07, 6.45) is 13.1. The topological polar surface area (TPSA) is 34.1 Å². The maximum atomic E-state index is 11.4. The first-order chi connectivity index (χ1) is 10.4. The fourth-order valence-corrected chi connectivity index (χ4v) is 5.95. The molecule has 0 aliphatic heterocycles. The molecule has 0 spiro atoms. The van der Waals surface area contributed by atoms with E-state index in [2.05, 4.69) is 26.8 Å². The molecule has 2 nitrogen and oxygen atoms in total. The molecule has 0 aromatic heterocycles. The highest BCUT2D eigenvalue weighted by atomic mass is 16.1. The Morgan fingerprint density at radius 2 is 1.77 bits per heavy atom. The van der Waals surface area contributed by atoms with Crippen molar-refractivity contribution in [2.75, 3.05) is 0 Å². The number of aldehydes is 2. The summed E-state index contributed by atoms with van der Waals surface area (Å²) in [6.45, 7) is 7.35. The fraction of sp³-hybridized carbons (Fsp3) is 0.700. The lowest BCUT2D eigenvalue weighted by Crippen LogP contribution is -2.51. The number of carbonyl (C=O) groups is 2. The molecule has 120 valence electrons. The lowest BCUT2D eigenvalue weighted by molar-refractivity contribution is -0.107. The average molecular weight is 300 g/mol. The van der Waals surface area contributed by atoms with Crippen LogP contribution in [0.4, 0.5) is 0 Å². The summed E-state index contributed by atoms with van der Waals surface area (Å²) in [6, 6.07) is 0. The van der Waals surface area contributed by atoms with Crippen LogP contribution in [0, 0.1) is 28.6 Å². The number of hydrogen-bond donors (Lipinski definition) is 0. The van der Waals surface area contributed by atoms with E-state index in [0.717, 1.165) is 31.3 Å². The summed E-state index contributed by atoms with van der Waals surface area (Å²) in [5.41, 5.74) is 1.96. The molecule has 0 N–H and O–H groups in total. The Morgan fingerprint density at radius 3 is 2.45 bits per heavy atom. The number of allylic oxidation sites excluding steroid dienone is 4. The van der Waals surface area contributed by atoms with Gasteiger partial charge in [-0.25, -0.2) is 0 Å². The lowest BCUT2D eigenvalue weighted by Gasteiger charge is -2.59. The van der Waals surface area contributed by atoms with Gasteiger partial charge in [-0.05, 0) is 60.7 Å². The van der Waals surface area contributed by atoms with Gasteiger partial charge in [-0.3, -0.25) is 9.59 Å². The second-order valence-corrected chi connectivity index (χ2v) is 8.50. The molecule has 0 saturated heterocycles. The highest BCUT2D eigenvalue weighted by Crippen LogP contribution is 2.62. The van der Waals surface area contributed by atoms with E-state index in [4.69, 9.17) is 0 Å². The second kappa shape index (κ2) is 5.47. The number of carbonyl (C=O) groups excluding carboxylic acids is 2. The molecular weight excluding hydrogens is 272 g/mol. The first-order valence-corrected chi connectivity index (χ1v) is 8.75. The van der Waals surface area contributed by atoms with Crippen LogP contribution in [-0.2, 0) is 9.59 Å². The first-order valence-electron chi connectivity index (χ1n) is 8.75. The highest BCUT2D eigenvalue weighted by Gasteiger charge is 2.54. The third-order valence-electron chi connectivity index (χ3n) is 7.00. The van der Waals surface area contributed by atoms with E-state index < -0.39 is 0 Å². The van der Waals surface area contributed by atoms with Crippen LogP contribution in [0.5, 0.6) is 0 Å². The van der Waals surface area contributed by atoms with Crippen molar-refractivity contribution in [3.8, 4) is 0 Å². The summed E-state index contributed by atoms with van der Waals surface area (Å²) in [5, 5.41) is 0. The van der Waals surface area contributed by atoms with Crippen LogP contribution in [-0.4, -0.2) is 12.6 Å². The fourth-order valence-electron chi connectivity index (χ4n) is 5.95. The third-order valence-corrected chi connectivity index (χ3v) is 7.00. The van der Waals surface area contributed by atoms with Gasteiger partial charge in [0.1, 0.15) is 12.6 Å². The Hall–Kier alpha value is -1.18. The Bertz CT molecular complexity index is 540. The van der Waals surface area contributed by atoms with Gasteiger partial charge in [-0.1, -0.05) is 39.3 Å². The molecule has 2 heteroatoms. The summed E-state index contributed by atoms with van der Waals surface area (Å²) in [5.74, 6) is 1.77. The van der Waals surface area contributed by atoms with E-state index in [0.29, 0.717) is 33.8 Å². The van der Waals surface area contributed by atoms with Crippen LogP contribution >= 0.6 is 0 Å². The van der Waals surface area contributed by atoms with Gasteiger partial charge in [0.15, 0.2) is 0 Å². The van der Waals surface area contributed by atoms with Crippen molar-refractivity contribution < 1.29 is 9.59 Å². The molecule has 2 saturated carbocycles. The highest BCUT2D eigenvalue weighted by molar-refractivity contribution is 5.94. The minimum atomic E-state index is 0.337. The first kappa shape index (κ1) is 15.7. The standard InChI is InChI=1S/C20H28O2/c1-19(2)9-4-10-20(3)17-7-5-15(12-21)16(13-22)11-14(17)6-8-18(19)20/h5,11-14,17-18H,4,6-10H2,1-3H3. The monoisotopic (exact) mass is 300 g/mol. The van der Waals surface area contributed by atoms with Gasteiger partial charge in [0, 0.05) is 11.1 Å². The van der Waals surface area contributed by atoms with Crippen molar-refractivity contribution in [1.29, 1.82) is 0 Å². The number of rotatable bonds is 2. The molecule has 3 rings (SSSR count). The van der Waals surface area contributed by atoms with Gasteiger partial charge in [0.05, 0.1) is 0 Å². The van der Waals surface area contributed by atoms with Crippen molar-refractivity contribution in [3.63, 3.8) is 0 Å². The number of hydrogen-bond acceptors (Lipinski definition) is 2. The van der Waals surface area contributed by atoms with E-state index >= 15 is 0 Å². The molecule has 0 radical (unpaired) electrons. The molecule has 3 aliphatic carbocycles. The summed E-state index contributed by atoms with van der Waals surface area (Å²) < 4.78 is 0. The smallest absolute Gasteiger partial charge is 0.150 e. The van der Waals surface area contributed by atoms with Crippen molar-refractivity contribution in [2.45, 2.75) is 59.3 Å². The van der Waals surface area contributed by atoms with Gasteiger partial charge in [0.25, 0.3) is 0 Å². The van der Waals surface area contributed by atoms with Gasteiger partial charge in [0.2, 0.25) is 0 Å². The zero-order valence-corrected chi connectivity index (χ0v) is 14.1. The van der Waals surface area contributed by atoms with E-state index in [1.165, 1.54) is 25.7 Å². The molecule has 22 heavy (non-hydrogen) atoms. The third kappa shape index (κ3) is 2.31. The SMILES string of the molecule is CC1(C)CCCC2(C)C3CC=C(C=O)C(C=O)=CC3CCC12. The van der Waals surface area contributed by atoms with E-state index in [1.54, 1.807) is 0 Å². The van der Waals surface area contributed by atoms with Crippen molar-refractivity contribution in [1.82, 2.24) is 0 Å². The normalized spacial score (nSPS) is 40.4. The predicted octanol–water partition coefficient (Wildman–Crippen LogP) is 4.50. The quantitative estimate of drug-likeness (QED) is 0.704. The Balaban J connectivity index is 2.00. The zero-order chi connectivity index (χ0) is 16.0. The van der Waals surface area contributed by atoms with Crippen LogP contribution in [0.2, 0.25) is 0 Å². The molecular formula is C20H28O2. The van der Waals surface area contributed by atoms with E-state index in [9.17, 15) is 9.59 Å². The van der Waals surface area contributed by atoms with Crippen molar-refractivity contribution in [2.24, 2.45) is 28.6 Å². The Labute approximate surface area is 134 Å². The van der Waals surface area contributed by atoms with Crippen LogP contribution in [0.1, 0.15) is 59.3 Å². The Morgan fingerprint density at radius 1 is 1.05 bits per heavy atom. The second-order valence-electron chi connectivity index (χ2n) is 8.50. The molecule has 0 amide bonds. The van der Waals surface area contributed by atoms with Crippen LogP contribution in [0.3, 0.4) is 0 Å². The lowest BCUT2D eigenvalue weighted by atomic mass is 9.46. The molecule has 3 aliphatic rings. The maximum absolute atomic E-state index is 11.4. The van der Waals surface area contributed by atoms with Crippen molar-refractivity contribution in [3.05, 3.63) is 23.3 Å². The molecule has 2 fully saturated rings. The van der Waals surface area contributed by atoms with Crippen LogP contribution in [0.25, 0.3) is 0 Å². The summed E-state index contributed by atoms with van der Waals surface area (Å²) in [4.78, 5) is 22.6. The predicted molar refractivity (Wildman–Crippen MR) is 88.4 cm³/mol. The van der Waals surface area contributed by atoms with Gasteiger partial charge in [-0.15, -0.1) is 0 Å². The Kier molecular flexibility index (Phi) is 3.91.